The van der Waals surface area contributed by atoms with Gasteiger partial charge in [0.05, 0.1) is 16.9 Å². The highest BCUT2D eigenvalue weighted by molar-refractivity contribution is 8.00. The smallest absolute Gasteiger partial charge is 0.227 e. The molecule has 0 saturated heterocycles. The normalized spacial score (nSPS) is 10.1. The van der Waals surface area contributed by atoms with Crippen molar-refractivity contribution >= 4 is 23.5 Å². The van der Waals surface area contributed by atoms with Gasteiger partial charge in [0.2, 0.25) is 5.91 Å². The van der Waals surface area contributed by atoms with Crippen molar-refractivity contribution in [2.75, 3.05) is 11.5 Å². The van der Waals surface area contributed by atoms with Crippen LogP contribution in [0.25, 0.3) is 11.3 Å². The van der Waals surface area contributed by atoms with E-state index >= 15 is 0 Å². The predicted molar refractivity (Wildman–Crippen MR) is 85.2 cm³/mol. The number of furan rings is 1. The maximum Gasteiger partial charge on any atom is 0.227 e. The molecule has 1 amide bonds. The SMILES string of the molecule is Cc1cc(-c2c(C#N)c(N)nc(SCC(N)=O)c2C#N)oc1C. The first-order chi connectivity index (χ1) is 10.9. The van der Waals surface area contributed by atoms with Gasteiger partial charge < -0.3 is 15.9 Å². The fourth-order valence-electron chi connectivity index (χ4n) is 1.98. The number of hydrogen-bond acceptors (Lipinski definition) is 7. The fourth-order valence-corrected chi connectivity index (χ4v) is 2.72. The molecule has 0 unspecified atom stereocenters. The minimum Gasteiger partial charge on any atom is -0.461 e. The second-order valence-electron chi connectivity index (χ2n) is 4.76. The van der Waals surface area contributed by atoms with Crippen LogP contribution in [0, 0.1) is 36.5 Å². The third kappa shape index (κ3) is 3.12. The molecule has 2 rings (SSSR count). The van der Waals surface area contributed by atoms with E-state index in [1.807, 2.05) is 19.1 Å². The maximum absolute atomic E-state index is 11.0. The van der Waals surface area contributed by atoms with Gasteiger partial charge in [-0.1, -0.05) is 11.8 Å². The third-order valence-electron chi connectivity index (χ3n) is 3.18. The highest BCUT2D eigenvalue weighted by Crippen LogP contribution is 2.37. The number of aryl methyl sites for hydroxylation is 2. The Balaban J connectivity index is 2.74. The number of nitrogens with zero attached hydrogens (tertiary/aromatic N) is 3. The lowest BCUT2D eigenvalue weighted by Crippen LogP contribution is -2.13. The van der Waals surface area contributed by atoms with E-state index in [9.17, 15) is 15.3 Å². The van der Waals surface area contributed by atoms with E-state index in [0.29, 0.717) is 11.5 Å². The van der Waals surface area contributed by atoms with Gasteiger partial charge in [0, 0.05) is 0 Å². The predicted octanol–water partition coefficient (Wildman–Crippen LogP) is 1.86. The summed E-state index contributed by atoms with van der Waals surface area (Å²) in [5.74, 6) is 0.413. The van der Waals surface area contributed by atoms with Gasteiger partial charge >= 0.3 is 0 Å². The molecule has 2 heterocycles. The Morgan fingerprint density at radius 1 is 1.35 bits per heavy atom. The van der Waals surface area contributed by atoms with Crippen molar-refractivity contribution in [1.29, 1.82) is 10.5 Å². The van der Waals surface area contributed by atoms with Gasteiger partial charge in [-0.05, 0) is 25.5 Å². The van der Waals surface area contributed by atoms with Crippen LogP contribution < -0.4 is 11.5 Å². The summed E-state index contributed by atoms with van der Waals surface area (Å²) < 4.78 is 5.63. The lowest BCUT2D eigenvalue weighted by Gasteiger charge is -2.10. The molecule has 0 aromatic carbocycles. The summed E-state index contributed by atoms with van der Waals surface area (Å²) in [4.78, 5) is 15.0. The molecule has 0 radical (unpaired) electrons. The molecule has 0 aliphatic carbocycles. The van der Waals surface area contributed by atoms with Crippen molar-refractivity contribution < 1.29 is 9.21 Å². The first-order valence-electron chi connectivity index (χ1n) is 6.51. The number of rotatable bonds is 4. The van der Waals surface area contributed by atoms with Gasteiger partial charge in [-0.2, -0.15) is 10.5 Å². The van der Waals surface area contributed by atoms with Crippen LogP contribution >= 0.6 is 11.8 Å². The van der Waals surface area contributed by atoms with Crippen LogP contribution in [0.3, 0.4) is 0 Å². The molecular formula is C15H13N5O2S. The molecule has 0 aliphatic rings. The van der Waals surface area contributed by atoms with Gasteiger partial charge in [-0.25, -0.2) is 4.98 Å². The molecule has 0 fully saturated rings. The average molecular weight is 327 g/mol. The van der Waals surface area contributed by atoms with E-state index < -0.39 is 5.91 Å². The molecule has 0 aliphatic heterocycles. The molecule has 0 atom stereocenters. The quantitative estimate of drug-likeness (QED) is 0.816. The number of carbonyl (C=O) groups is 1. The van der Waals surface area contributed by atoms with E-state index in [1.54, 1.807) is 13.0 Å². The van der Waals surface area contributed by atoms with Crippen LogP contribution in [0.4, 0.5) is 5.82 Å². The molecule has 0 saturated carbocycles. The summed E-state index contributed by atoms with van der Waals surface area (Å²) in [7, 11) is 0. The Morgan fingerprint density at radius 2 is 2.00 bits per heavy atom. The van der Waals surface area contributed by atoms with E-state index in [1.165, 1.54) is 0 Å². The highest BCUT2D eigenvalue weighted by Gasteiger charge is 2.23. The number of primary amides is 1. The van der Waals surface area contributed by atoms with Crippen molar-refractivity contribution in [1.82, 2.24) is 4.98 Å². The lowest BCUT2D eigenvalue weighted by molar-refractivity contribution is -0.115. The van der Waals surface area contributed by atoms with Crippen molar-refractivity contribution in [3.05, 3.63) is 28.5 Å². The lowest BCUT2D eigenvalue weighted by atomic mass is 10.0. The van der Waals surface area contributed by atoms with E-state index in [2.05, 4.69) is 4.98 Å². The number of anilines is 1. The van der Waals surface area contributed by atoms with E-state index in [-0.39, 0.29) is 33.3 Å². The number of nitrogen functional groups attached to an aromatic ring is 1. The Labute approximate surface area is 136 Å². The topological polar surface area (TPSA) is 143 Å². The van der Waals surface area contributed by atoms with E-state index in [4.69, 9.17) is 15.9 Å². The molecule has 8 heteroatoms. The fraction of sp³-hybridized carbons (Fsp3) is 0.200. The zero-order valence-electron chi connectivity index (χ0n) is 12.5. The largest absolute Gasteiger partial charge is 0.461 e. The van der Waals surface area contributed by atoms with Crippen LogP contribution in [-0.4, -0.2) is 16.6 Å². The highest BCUT2D eigenvalue weighted by atomic mass is 32.2. The number of carbonyl (C=O) groups excluding carboxylic acids is 1. The molecule has 23 heavy (non-hydrogen) atoms. The summed E-state index contributed by atoms with van der Waals surface area (Å²) in [6.07, 6.45) is 0. The Hall–Kier alpha value is -2.97. The molecular weight excluding hydrogens is 314 g/mol. The van der Waals surface area contributed by atoms with Crippen molar-refractivity contribution in [3.63, 3.8) is 0 Å². The van der Waals surface area contributed by atoms with Gasteiger partial charge in [-0.3, -0.25) is 4.79 Å². The number of aromatic nitrogens is 1. The second kappa shape index (κ2) is 6.42. The zero-order valence-corrected chi connectivity index (χ0v) is 13.3. The second-order valence-corrected chi connectivity index (χ2v) is 5.72. The van der Waals surface area contributed by atoms with Gasteiger partial charge in [0.15, 0.2) is 0 Å². The summed E-state index contributed by atoms with van der Waals surface area (Å²) in [5, 5.41) is 19.1. The Bertz CT molecular complexity index is 854. The van der Waals surface area contributed by atoms with Crippen molar-refractivity contribution in [2.45, 2.75) is 18.9 Å². The van der Waals surface area contributed by atoms with Gasteiger partial charge in [0.1, 0.15) is 40.1 Å². The number of hydrogen-bond donors (Lipinski definition) is 2. The summed E-state index contributed by atoms with van der Waals surface area (Å²) in [5.41, 5.74) is 12.3. The minimum absolute atomic E-state index is 0.0276. The summed E-state index contributed by atoms with van der Waals surface area (Å²) in [6, 6.07) is 5.70. The molecule has 0 spiro atoms. The van der Waals surface area contributed by atoms with Crippen LogP contribution in [0.2, 0.25) is 0 Å². The number of nitrogens with two attached hydrogens (primary N) is 2. The number of nitriles is 2. The van der Waals surface area contributed by atoms with Crippen LogP contribution in [-0.2, 0) is 4.79 Å². The minimum atomic E-state index is -0.546. The molecule has 7 nitrogen and oxygen atoms in total. The molecule has 116 valence electrons. The number of thioether (sulfide) groups is 1. The molecule has 2 aromatic rings. The zero-order chi connectivity index (χ0) is 17.1. The molecule has 4 N–H and O–H groups in total. The first kappa shape index (κ1) is 16.4. The van der Waals surface area contributed by atoms with E-state index in [0.717, 1.165) is 17.3 Å². The average Bonchev–Trinajstić information content (AvgIpc) is 2.83. The van der Waals surface area contributed by atoms with Gasteiger partial charge in [-0.15, -0.1) is 0 Å². The first-order valence-corrected chi connectivity index (χ1v) is 7.49. The summed E-state index contributed by atoms with van der Waals surface area (Å²) >= 11 is 0.994. The maximum atomic E-state index is 11.0. The molecule has 2 aromatic heterocycles. The number of amides is 1. The van der Waals surface area contributed by atoms with Gasteiger partial charge in [0.25, 0.3) is 0 Å². The Morgan fingerprint density at radius 3 is 2.48 bits per heavy atom. The standard InChI is InChI=1S/C15H13N5O2S/c1-7-3-11(22-8(7)2)13-9(4-16)14(19)20-15(10(13)5-17)23-6-12(18)21/h3H,6H2,1-2H3,(H2,18,21)(H2,19,20). The van der Waals surface area contributed by atoms with Crippen molar-refractivity contribution in [3.8, 4) is 23.5 Å². The third-order valence-corrected chi connectivity index (χ3v) is 4.18. The summed E-state index contributed by atoms with van der Waals surface area (Å²) in [6.45, 7) is 3.64. The molecule has 0 bridgehead atoms. The van der Waals surface area contributed by atoms with Crippen LogP contribution in [0.5, 0.6) is 0 Å². The Kier molecular flexibility index (Phi) is 4.58. The van der Waals surface area contributed by atoms with Crippen LogP contribution in [0.1, 0.15) is 22.5 Å². The van der Waals surface area contributed by atoms with Crippen molar-refractivity contribution in [2.24, 2.45) is 5.73 Å². The monoisotopic (exact) mass is 327 g/mol. The number of pyridine rings is 1. The van der Waals surface area contributed by atoms with Crippen LogP contribution in [0.15, 0.2) is 15.5 Å².